The van der Waals surface area contributed by atoms with E-state index in [4.69, 9.17) is 37.4 Å². The molecule has 3 rings (SSSR count). The standard InChI is InChI=1S/C26H29Cl2NO6/c1-6-10-29-21(15-8-7-9-16(11-15)35-13-14(2)3)19(23(31)26(29)32)22(30)17-12-18(27)25(34-5)20(28)24(17)33-4/h7-9,11-12,14,21,30H,6,10,13H2,1-5H3/b22-19+. The highest BCUT2D eigenvalue weighted by atomic mass is 35.5. The predicted molar refractivity (Wildman–Crippen MR) is 136 cm³/mol. The molecule has 2 aromatic carbocycles. The van der Waals surface area contributed by atoms with E-state index in [-0.39, 0.29) is 32.7 Å². The van der Waals surface area contributed by atoms with E-state index in [1.807, 2.05) is 26.8 Å². The number of aliphatic hydroxyl groups excluding tert-OH is 1. The number of aliphatic hydroxyl groups is 1. The molecule has 1 amide bonds. The number of hydrogen-bond acceptors (Lipinski definition) is 6. The number of carbonyl (C=O) groups excluding carboxylic acids is 2. The second-order valence-corrected chi connectivity index (χ2v) is 9.34. The van der Waals surface area contributed by atoms with Gasteiger partial charge in [0.1, 0.15) is 16.5 Å². The van der Waals surface area contributed by atoms with Crippen LogP contribution < -0.4 is 14.2 Å². The minimum absolute atomic E-state index is 0.0347. The zero-order valence-corrected chi connectivity index (χ0v) is 21.9. The number of carbonyl (C=O) groups is 2. The molecule has 1 aliphatic rings. The normalized spacial score (nSPS) is 17.3. The van der Waals surface area contributed by atoms with Crippen molar-refractivity contribution < 1.29 is 28.9 Å². The van der Waals surface area contributed by atoms with Crippen LogP contribution in [0.25, 0.3) is 5.76 Å². The van der Waals surface area contributed by atoms with Crippen LogP contribution in [0.2, 0.25) is 10.0 Å². The molecule has 0 bridgehead atoms. The summed E-state index contributed by atoms with van der Waals surface area (Å²) in [6.07, 6.45) is 0.622. The Morgan fingerprint density at radius 3 is 2.40 bits per heavy atom. The maximum Gasteiger partial charge on any atom is 0.295 e. The first-order chi connectivity index (χ1) is 16.7. The molecule has 9 heteroatoms. The Hall–Kier alpha value is -2.90. The highest BCUT2D eigenvalue weighted by Crippen LogP contribution is 2.47. The Bertz CT molecular complexity index is 1160. The van der Waals surface area contributed by atoms with Crippen LogP contribution in [-0.4, -0.2) is 49.1 Å². The molecule has 1 unspecified atom stereocenters. The van der Waals surface area contributed by atoms with Gasteiger partial charge < -0.3 is 24.2 Å². The summed E-state index contributed by atoms with van der Waals surface area (Å²) in [6.45, 7) is 6.82. The first-order valence-corrected chi connectivity index (χ1v) is 12.0. The fourth-order valence-electron chi connectivity index (χ4n) is 4.03. The molecule has 35 heavy (non-hydrogen) atoms. The van der Waals surface area contributed by atoms with Crippen LogP contribution in [0.15, 0.2) is 35.9 Å². The van der Waals surface area contributed by atoms with Crippen LogP contribution in [-0.2, 0) is 9.59 Å². The van der Waals surface area contributed by atoms with Crippen LogP contribution in [0.4, 0.5) is 0 Å². The number of halogens is 2. The minimum atomic E-state index is -0.832. The molecule has 1 saturated heterocycles. The van der Waals surface area contributed by atoms with E-state index in [0.29, 0.717) is 36.8 Å². The van der Waals surface area contributed by atoms with Crippen molar-refractivity contribution in [1.29, 1.82) is 0 Å². The fraction of sp³-hybridized carbons (Fsp3) is 0.385. The van der Waals surface area contributed by atoms with Gasteiger partial charge in [-0.25, -0.2) is 0 Å². The lowest BCUT2D eigenvalue weighted by atomic mass is 9.94. The van der Waals surface area contributed by atoms with Gasteiger partial charge in [0.05, 0.1) is 43.0 Å². The average molecular weight is 522 g/mol. The monoisotopic (exact) mass is 521 g/mol. The molecule has 1 N–H and O–H groups in total. The zero-order chi connectivity index (χ0) is 25.9. The largest absolute Gasteiger partial charge is 0.507 e. The number of nitrogens with zero attached hydrogens (tertiary/aromatic N) is 1. The van der Waals surface area contributed by atoms with Crippen LogP contribution in [0.3, 0.4) is 0 Å². The van der Waals surface area contributed by atoms with Gasteiger partial charge in [-0.3, -0.25) is 9.59 Å². The molecule has 2 aromatic rings. The zero-order valence-electron chi connectivity index (χ0n) is 20.4. The van der Waals surface area contributed by atoms with Crippen LogP contribution in [0, 0.1) is 5.92 Å². The fourth-order valence-corrected chi connectivity index (χ4v) is 4.71. The predicted octanol–water partition coefficient (Wildman–Crippen LogP) is 5.88. The topological polar surface area (TPSA) is 85.3 Å². The molecule has 1 fully saturated rings. The van der Waals surface area contributed by atoms with Crippen LogP contribution in [0.5, 0.6) is 17.2 Å². The van der Waals surface area contributed by atoms with Gasteiger partial charge in [-0.05, 0) is 36.1 Å². The van der Waals surface area contributed by atoms with Crippen molar-refractivity contribution in [2.24, 2.45) is 5.92 Å². The molecule has 0 radical (unpaired) electrons. The van der Waals surface area contributed by atoms with Crippen molar-refractivity contribution in [1.82, 2.24) is 4.90 Å². The lowest BCUT2D eigenvalue weighted by molar-refractivity contribution is -0.139. The molecule has 7 nitrogen and oxygen atoms in total. The lowest BCUT2D eigenvalue weighted by Crippen LogP contribution is -2.30. The van der Waals surface area contributed by atoms with Crippen molar-refractivity contribution in [2.75, 3.05) is 27.4 Å². The second-order valence-electron chi connectivity index (χ2n) is 8.56. The summed E-state index contributed by atoms with van der Waals surface area (Å²) in [5, 5.41) is 11.6. The average Bonchev–Trinajstić information content (AvgIpc) is 3.07. The molecule has 0 saturated carbocycles. The molecule has 0 aliphatic carbocycles. The van der Waals surface area contributed by atoms with E-state index < -0.39 is 23.5 Å². The maximum absolute atomic E-state index is 13.2. The summed E-state index contributed by atoms with van der Waals surface area (Å²) in [6, 6.07) is 7.73. The Kier molecular flexibility index (Phi) is 8.56. The van der Waals surface area contributed by atoms with Crippen molar-refractivity contribution in [3.63, 3.8) is 0 Å². The summed E-state index contributed by atoms with van der Waals surface area (Å²) in [5.74, 6) is -0.785. The number of benzene rings is 2. The van der Waals surface area contributed by atoms with Gasteiger partial charge in [-0.1, -0.05) is 56.1 Å². The molecule has 0 spiro atoms. The van der Waals surface area contributed by atoms with Gasteiger partial charge in [0.2, 0.25) is 0 Å². The van der Waals surface area contributed by atoms with Crippen molar-refractivity contribution in [2.45, 2.75) is 33.2 Å². The van der Waals surface area contributed by atoms with E-state index in [1.54, 1.807) is 18.2 Å². The SMILES string of the molecule is CCCN1C(=O)C(=O)/C(=C(/O)c2cc(Cl)c(OC)c(Cl)c2OC)C1c1cccc(OCC(C)C)c1. The van der Waals surface area contributed by atoms with E-state index in [0.717, 1.165) is 0 Å². The number of Topliss-reactive ketones (excluding diaryl/α,β-unsaturated/α-hetero) is 1. The van der Waals surface area contributed by atoms with Gasteiger partial charge >= 0.3 is 0 Å². The van der Waals surface area contributed by atoms with E-state index in [1.165, 1.54) is 25.2 Å². The van der Waals surface area contributed by atoms with Gasteiger partial charge in [0.25, 0.3) is 11.7 Å². The third-order valence-electron chi connectivity index (χ3n) is 5.56. The number of hydrogen-bond donors (Lipinski definition) is 1. The molecule has 1 atom stereocenters. The third kappa shape index (κ3) is 5.21. The molecular weight excluding hydrogens is 493 g/mol. The molecule has 188 valence electrons. The van der Waals surface area contributed by atoms with Gasteiger partial charge in [-0.2, -0.15) is 0 Å². The summed E-state index contributed by atoms with van der Waals surface area (Å²) < 4.78 is 16.5. The highest BCUT2D eigenvalue weighted by molar-refractivity contribution is 6.47. The second kappa shape index (κ2) is 11.2. The van der Waals surface area contributed by atoms with Gasteiger partial charge in [0, 0.05) is 6.54 Å². The number of likely N-dealkylation sites (tertiary alicyclic amines) is 1. The third-order valence-corrected chi connectivity index (χ3v) is 6.18. The number of amides is 1. The number of rotatable bonds is 9. The summed E-state index contributed by atoms with van der Waals surface area (Å²) in [5.41, 5.74) is 0.625. The number of ether oxygens (including phenoxy) is 3. The Labute approximate surface area is 215 Å². The molecule has 1 heterocycles. The van der Waals surface area contributed by atoms with Crippen molar-refractivity contribution in [3.8, 4) is 17.2 Å². The van der Waals surface area contributed by atoms with Gasteiger partial charge in [-0.15, -0.1) is 0 Å². The summed E-state index contributed by atoms with van der Waals surface area (Å²) in [7, 11) is 2.77. The minimum Gasteiger partial charge on any atom is -0.507 e. The lowest BCUT2D eigenvalue weighted by Gasteiger charge is -2.25. The molecule has 0 aromatic heterocycles. The summed E-state index contributed by atoms with van der Waals surface area (Å²) in [4.78, 5) is 27.7. The highest BCUT2D eigenvalue weighted by Gasteiger charge is 2.46. The van der Waals surface area contributed by atoms with E-state index >= 15 is 0 Å². The van der Waals surface area contributed by atoms with Crippen molar-refractivity contribution in [3.05, 3.63) is 57.1 Å². The summed E-state index contributed by atoms with van der Waals surface area (Å²) >= 11 is 12.7. The quantitative estimate of drug-likeness (QED) is 0.252. The van der Waals surface area contributed by atoms with Crippen LogP contribution in [0.1, 0.15) is 44.4 Å². The first-order valence-electron chi connectivity index (χ1n) is 11.3. The first kappa shape index (κ1) is 26.7. The van der Waals surface area contributed by atoms with Crippen LogP contribution >= 0.6 is 23.2 Å². The Morgan fingerprint density at radius 1 is 1.11 bits per heavy atom. The van der Waals surface area contributed by atoms with Gasteiger partial charge in [0.15, 0.2) is 11.5 Å². The number of ketones is 1. The smallest absolute Gasteiger partial charge is 0.295 e. The Balaban J connectivity index is 2.23. The van der Waals surface area contributed by atoms with Crippen molar-refractivity contribution >= 4 is 40.7 Å². The van der Waals surface area contributed by atoms with E-state index in [2.05, 4.69) is 0 Å². The maximum atomic E-state index is 13.2. The molecule has 1 aliphatic heterocycles. The number of methoxy groups -OCH3 is 2. The van der Waals surface area contributed by atoms with E-state index in [9.17, 15) is 14.7 Å². The molecular formula is C26H29Cl2NO6. The Morgan fingerprint density at radius 2 is 1.80 bits per heavy atom.